The summed E-state index contributed by atoms with van der Waals surface area (Å²) in [7, 11) is 0. The fourth-order valence-electron chi connectivity index (χ4n) is 1.28. The van der Waals surface area contributed by atoms with E-state index in [0.29, 0.717) is 0 Å². The number of nitrogens with zero attached hydrogens (tertiary/aromatic N) is 2. The fraction of sp³-hybridized carbons (Fsp3) is 0.625. The molecule has 1 unspecified atom stereocenters. The highest BCUT2D eigenvalue weighted by atomic mass is 79.9. The summed E-state index contributed by atoms with van der Waals surface area (Å²) in [5.41, 5.74) is 0. The Labute approximate surface area is 81.2 Å². The molecule has 0 aromatic heterocycles. The van der Waals surface area contributed by atoms with E-state index >= 15 is 0 Å². The van der Waals surface area contributed by atoms with Gasteiger partial charge in [0, 0.05) is 30.7 Å². The van der Waals surface area contributed by atoms with Gasteiger partial charge in [-0.1, -0.05) is 22.5 Å². The van der Waals surface area contributed by atoms with Crippen LogP contribution in [-0.4, -0.2) is 37.1 Å². The van der Waals surface area contributed by atoms with Crippen molar-refractivity contribution in [2.24, 2.45) is 0 Å². The number of halogens is 1. The first-order valence-corrected chi connectivity index (χ1v) is 4.71. The second kappa shape index (κ2) is 4.61. The van der Waals surface area contributed by atoms with E-state index in [4.69, 9.17) is 5.26 Å². The molecule has 4 heteroatoms. The third kappa shape index (κ3) is 2.59. The molecule has 1 saturated heterocycles. The molecule has 0 saturated carbocycles. The molecule has 0 aromatic carbocycles. The number of hydrogen-bond acceptors (Lipinski definition) is 3. The average Bonchev–Trinajstić information content (AvgIpc) is 2.04. The maximum absolute atomic E-state index is 8.80. The summed E-state index contributed by atoms with van der Waals surface area (Å²) < 4.78 is 0.935. The van der Waals surface area contributed by atoms with Crippen LogP contribution in [0.25, 0.3) is 0 Å². The van der Waals surface area contributed by atoms with Gasteiger partial charge in [0.15, 0.2) is 0 Å². The van der Waals surface area contributed by atoms with Crippen molar-refractivity contribution in [2.45, 2.75) is 6.04 Å². The molecule has 0 aromatic rings. The van der Waals surface area contributed by atoms with E-state index in [1.807, 2.05) is 0 Å². The van der Waals surface area contributed by atoms with E-state index in [1.54, 1.807) is 0 Å². The molecule has 1 heterocycles. The Morgan fingerprint density at radius 2 is 2.58 bits per heavy atom. The number of nitrogens with one attached hydrogen (secondary N) is 1. The summed E-state index contributed by atoms with van der Waals surface area (Å²) in [6, 6.07) is 2.25. The molecule has 1 rings (SSSR count). The summed E-state index contributed by atoms with van der Waals surface area (Å²) in [6.45, 7) is 7.16. The lowest BCUT2D eigenvalue weighted by Gasteiger charge is -2.31. The van der Waals surface area contributed by atoms with Gasteiger partial charge in [-0.25, -0.2) is 0 Å². The van der Waals surface area contributed by atoms with Crippen LogP contribution in [0.1, 0.15) is 0 Å². The summed E-state index contributed by atoms with van der Waals surface area (Å²) >= 11 is 3.30. The first kappa shape index (κ1) is 9.72. The smallest absolute Gasteiger partial charge is 0.111 e. The van der Waals surface area contributed by atoms with Gasteiger partial charge in [0.2, 0.25) is 0 Å². The molecule has 66 valence electrons. The van der Waals surface area contributed by atoms with Crippen LogP contribution < -0.4 is 5.32 Å². The quantitative estimate of drug-likeness (QED) is 0.758. The van der Waals surface area contributed by atoms with Gasteiger partial charge in [-0.3, -0.25) is 4.90 Å². The highest BCUT2D eigenvalue weighted by Crippen LogP contribution is 2.08. The van der Waals surface area contributed by atoms with Gasteiger partial charge in [0.25, 0.3) is 0 Å². The standard InChI is InChI=1S/C8H12BrN3/c1-7(9)6-12-3-2-11-5-8(12)4-10/h8,11H,1-3,5-6H2. The zero-order chi connectivity index (χ0) is 8.97. The third-order valence-electron chi connectivity index (χ3n) is 1.88. The van der Waals surface area contributed by atoms with E-state index in [1.165, 1.54) is 0 Å². The number of nitriles is 1. The van der Waals surface area contributed by atoms with E-state index < -0.39 is 0 Å². The van der Waals surface area contributed by atoms with Crippen molar-refractivity contribution in [3.05, 3.63) is 11.1 Å². The van der Waals surface area contributed by atoms with Crippen molar-refractivity contribution in [1.82, 2.24) is 10.2 Å². The third-order valence-corrected chi connectivity index (χ3v) is 2.13. The Hall–Kier alpha value is -0.370. The molecule has 12 heavy (non-hydrogen) atoms. The zero-order valence-electron chi connectivity index (χ0n) is 6.89. The van der Waals surface area contributed by atoms with Gasteiger partial charge < -0.3 is 5.32 Å². The van der Waals surface area contributed by atoms with E-state index in [-0.39, 0.29) is 6.04 Å². The van der Waals surface area contributed by atoms with Crippen LogP contribution >= 0.6 is 15.9 Å². The lowest BCUT2D eigenvalue weighted by Crippen LogP contribution is -2.50. The minimum atomic E-state index is -0.00644. The Morgan fingerprint density at radius 3 is 3.17 bits per heavy atom. The van der Waals surface area contributed by atoms with E-state index in [0.717, 1.165) is 30.7 Å². The van der Waals surface area contributed by atoms with Crippen molar-refractivity contribution >= 4 is 15.9 Å². The van der Waals surface area contributed by atoms with Crippen LogP contribution in [0.5, 0.6) is 0 Å². The van der Waals surface area contributed by atoms with Crippen molar-refractivity contribution in [3.63, 3.8) is 0 Å². The topological polar surface area (TPSA) is 39.1 Å². The van der Waals surface area contributed by atoms with Crippen molar-refractivity contribution in [2.75, 3.05) is 26.2 Å². The Bertz CT molecular complexity index is 209. The van der Waals surface area contributed by atoms with Crippen LogP contribution in [0, 0.1) is 11.3 Å². The number of piperazine rings is 1. The molecule has 0 spiro atoms. The molecule has 0 amide bonds. The van der Waals surface area contributed by atoms with Crippen LogP contribution in [-0.2, 0) is 0 Å². The number of rotatable bonds is 2. The van der Waals surface area contributed by atoms with Crippen LogP contribution in [0.15, 0.2) is 11.1 Å². The first-order valence-electron chi connectivity index (χ1n) is 3.91. The maximum atomic E-state index is 8.80. The van der Waals surface area contributed by atoms with E-state index in [2.05, 4.69) is 38.8 Å². The highest BCUT2D eigenvalue weighted by Gasteiger charge is 2.21. The van der Waals surface area contributed by atoms with Gasteiger partial charge in [-0.2, -0.15) is 5.26 Å². The van der Waals surface area contributed by atoms with Gasteiger partial charge in [0.05, 0.1) is 6.07 Å². The second-order valence-electron chi connectivity index (χ2n) is 2.84. The number of hydrogen-bond donors (Lipinski definition) is 1. The van der Waals surface area contributed by atoms with Crippen LogP contribution in [0.4, 0.5) is 0 Å². The monoisotopic (exact) mass is 229 g/mol. The lowest BCUT2D eigenvalue weighted by atomic mass is 10.2. The summed E-state index contributed by atoms with van der Waals surface area (Å²) in [5.74, 6) is 0. The molecule has 1 atom stereocenters. The highest BCUT2D eigenvalue weighted by molar-refractivity contribution is 9.11. The maximum Gasteiger partial charge on any atom is 0.111 e. The molecule has 3 nitrogen and oxygen atoms in total. The van der Waals surface area contributed by atoms with Crippen molar-refractivity contribution in [3.8, 4) is 6.07 Å². The minimum absolute atomic E-state index is 0.00644. The Balaban J connectivity index is 2.48. The predicted octanol–water partition coefficient (Wildman–Crippen LogP) is 0.692. The molecule has 0 bridgehead atoms. The summed E-state index contributed by atoms with van der Waals surface area (Å²) in [4.78, 5) is 2.12. The lowest BCUT2D eigenvalue weighted by molar-refractivity contribution is 0.217. The summed E-state index contributed by atoms with van der Waals surface area (Å²) in [6.07, 6.45) is 0. The molecule has 0 aliphatic carbocycles. The van der Waals surface area contributed by atoms with Crippen LogP contribution in [0.2, 0.25) is 0 Å². The molecule has 0 radical (unpaired) electrons. The molecule has 1 fully saturated rings. The largest absolute Gasteiger partial charge is 0.313 e. The Kier molecular flexibility index (Phi) is 3.73. The van der Waals surface area contributed by atoms with E-state index in [9.17, 15) is 0 Å². The van der Waals surface area contributed by atoms with Gasteiger partial charge >= 0.3 is 0 Å². The molecule has 1 N–H and O–H groups in total. The average molecular weight is 230 g/mol. The predicted molar refractivity (Wildman–Crippen MR) is 51.9 cm³/mol. The SMILES string of the molecule is C=C(Br)CN1CCNCC1C#N. The molecule has 1 aliphatic heterocycles. The van der Waals surface area contributed by atoms with Crippen molar-refractivity contribution in [1.29, 1.82) is 5.26 Å². The normalized spacial score (nSPS) is 24.8. The Morgan fingerprint density at radius 1 is 1.83 bits per heavy atom. The molecular weight excluding hydrogens is 218 g/mol. The summed E-state index contributed by atoms with van der Waals surface area (Å²) in [5, 5.41) is 12.0. The van der Waals surface area contributed by atoms with Gasteiger partial charge in [-0.05, 0) is 0 Å². The molecule has 1 aliphatic rings. The minimum Gasteiger partial charge on any atom is -0.313 e. The van der Waals surface area contributed by atoms with Crippen LogP contribution in [0.3, 0.4) is 0 Å². The second-order valence-corrected chi connectivity index (χ2v) is 3.96. The first-order chi connectivity index (χ1) is 5.74. The molecular formula is C8H12BrN3. The fourth-order valence-corrected chi connectivity index (χ4v) is 1.61. The zero-order valence-corrected chi connectivity index (χ0v) is 8.47. The van der Waals surface area contributed by atoms with Gasteiger partial charge in [0.1, 0.15) is 6.04 Å². The van der Waals surface area contributed by atoms with Gasteiger partial charge in [-0.15, -0.1) is 0 Å². The van der Waals surface area contributed by atoms with Crippen molar-refractivity contribution < 1.29 is 0 Å².